The van der Waals surface area contributed by atoms with Gasteiger partial charge in [-0.15, -0.1) is 0 Å². The third kappa shape index (κ3) is 4.12. The first-order valence-corrected chi connectivity index (χ1v) is 8.52. The molecule has 0 N–H and O–H groups in total. The zero-order valence-electron chi connectivity index (χ0n) is 14.2. The van der Waals surface area contributed by atoms with E-state index in [2.05, 4.69) is 10.00 Å². The summed E-state index contributed by atoms with van der Waals surface area (Å²) in [6.07, 6.45) is 0. The maximum atomic E-state index is 12.4. The molecule has 2 saturated heterocycles. The highest BCUT2D eigenvalue weighted by Gasteiger charge is 2.26. The summed E-state index contributed by atoms with van der Waals surface area (Å²) in [6, 6.07) is 3.41. The van der Waals surface area contributed by atoms with Crippen LogP contribution < -0.4 is 5.56 Å². The highest BCUT2D eigenvalue weighted by molar-refractivity contribution is 5.74. The topological polar surface area (TPSA) is 70.9 Å². The second-order valence-corrected chi connectivity index (χ2v) is 6.25. The van der Waals surface area contributed by atoms with Crippen molar-refractivity contribution in [2.24, 2.45) is 0 Å². The smallest absolute Gasteiger partial charge is 0.320 e. The molecule has 0 saturated carbocycles. The van der Waals surface area contributed by atoms with Crippen LogP contribution in [0.2, 0.25) is 0 Å². The van der Waals surface area contributed by atoms with Crippen LogP contribution in [0.15, 0.2) is 16.9 Å². The Morgan fingerprint density at radius 2 is 1.71 bits per heavy atom. The second-order valence-electron chi connectivity index (χ2n) is 6.25. The number of hydrogen-bond donors (Lipinski definition) is 0. The molecule has 8 nitrogen and oxygen atoms in total. The van der Waals surface area contributed by atoms with Crippen LogP contribution in [0, 0.1) is 6.92 Å². The molecular formula is C16H25N5O3. The lowest BCUT2D eigenvalue weighted by atomic mass is 10.3. The number of hydrogen-bond acceptors (Lipinski definition) is 5. The molecule has 132 valence electrons. The molecule has 8 heteroatoms. The van der Waals surface area contributed by atoms with Crippen molar-refractivity contribution in [1.82, 2.24) is 24.5 Å². The van der Waals surface area contributed by atoms with Crippen molar-refractivity contribution in [2.75, 3.05) is 59.0 Å². The van der Waals surface area contributed by atoms with Crippen molar-refractivity contribution in [3.8, 4) is 0 Å². The van der Waals surface area contributed by atoms with Gasteiger partial charge in [-0.05, 0) is 13.0 Å². The van der Waals surface area contributed by atoms with Gasteiger partial charge in [-0.1, -0.05) is 0 Å². The molecule has 0 unspecified atom stereocenters. The van der Waals surface area contributed by atoms with Crippen molar-refractivity contribution < 1.29 is 9.53 Å². The van der Waals surface area contributed by atoms with Crippen LogP contribution in [-0.2, 0) is 11.3 Å². The Morgan fingerprint density at radius 3 is 2.42 bits per heavy atom. The first-order valence-electron chi connectivity index (χ1n) is 8.52. The SMILES string of the molecule is Cc1ccc(=O)n(CCN2CCN(C(=O)N3CCOCC3)CC2)n1. The van der Waals surface area contributed by atoms with Crippen LogP contribution in [0.1, 0.15) is 5.69 Å². The molecule has 2 aliphatic heterocycles. The molecule has 0 radical (unpaired) electrons. The summed E-state index contributed by atoms with van der Waals surface area (Å²) >= 11 is 0. The molecule has 0 spiro atoms. The highest BCUT2D eigenvalue weighted by Crippen LogP contribution is 2.08. The first kappa shape index (κ1) is 16.9. The minimum absolute atomic E-state index is 0.0678. The predicted molar refractivity (Wildman–Crippen MR) is 89.0 cm³/mol. The minimum Gasteiger partial charge on any atom is -0.378 e. The first-order chi connectivity index (χ1) is 11.6. The quantitative estimate of drug-likeness (QED) is 0.753. The van der Waals surface area contributed by atoms with Crippen LogP contribution in [0.5, 0.6) is 0 Å². The summed E-state index contributed by atoms with van der Waals surface area (Å²) in [5.74, 6) is 0. The molecule has 0 aromatic carbocycles. The van der Waals surface area contributed by atoms with Gasteiger partial charge in [0.25, 0.3) is 5.56 Å². The van der Waals surface area contributed by atoms with Crippen LogP contribution in [0.25, 0.3) is 0 Å². The number of nitrogens with zero attached hydrogens (tertiary/aromatic N) is 5. The van der Waals surface area contributed by atoms with Crippen LogP contribution in [0.4, 0.5) is 4.79 Å². The summed E-state index contributed by atoms with van der Waals surface area (Å²) in [7, 11) is 0. The van der Waals surface area contributed by atoms with E-state index in [1.165, 1.54) is 4.68 Å². The van der Waals surface area contributed by atoms with Crippen molar-refractivity contribution in [1.29, 1.82) is 0 Å². The maximum Gasteiger partial charge on any atom is 0.320 e. The normalized spacial score (nSPS) is 19.5. The zero-order chi connectivity index (χ0) is 16.9. The molecule has 1 aromatic heterocycles. The number of ether oxygens (including phenoxy) is 1. The molecular weight excluding hydrogens is 310 g/mol. The van der Waals surface area contributed by atoms with Crippen LogP contribution in [-0.4, -0.2) is 89.5 Å². The van der Waals surface area contributed by atoms with E-state index in [0.29, 0.717) is 32.8 Å². The van der Waals surface area contributed by atoms with Gasteiger partial charge in [0.2, 0.25) is 0 Å². The average Bonchev–Trinajstić information content (AvgIpc) is 2.63. The van der Waals surface area contributed by atoms with Gasteiger partial charge >= 0.3 is 6.03 Å². The van der Waals surface area contributed by atoms with Gasteiger partial charge in [0, 0.05) is 51.9 Å². The third-order valence-electron chi connectivity index (χ3n) is 4.55. The van der Waals surface area contributed by atoms with E-state index in [1.54, 1.807) is 12.1 Å². The van der Waals surface area contributed by atoms with E-state index in [4.69, 9.17) is 4.74 Å². The predicted octanol–water partition coefficient (Wildman–Crippen LogP) is -0.378. The van der Waals surface area contributed by atoms with Gasteiger partial charge in [-0.2, -0.15) is 5.10 Å². The number of piperazine rings is 1. The lowest BCUT2D eigenvalue weighted by Gasteiger charge is -2.38. The zero-order valence-corrected chi connectivity index (χ0v) is 14.2. The number of rotatable bonds is 3. The lowest BCUT2D eigenvalue weighted by Crippen LogP contribution is -2.55. The van der Waals surface area contributed by atoms with Crippen molar-refractivity contribution in [2.45, 2.75) is 13.5 Å². The molecule has 1 aromatic rings. The number of amides is 2. The van der Waals surface area contributed by atoms with E-state index in [-0.39, 0.29) is 11.6 Å². The van der Waals surface area contributed by atoms with Gasteiger partial charge < -0.3 is 14.5 Å². The van der Waals surface area contributed by atoms with Gasteiger partial charge in [-0.3, -0.25) is 9.69 Å². The molecule has 3 heterocycles. The Kier molecular flexibility index (Phi) is 5.47. The van der Waals surface area contributed by atoms with Crippen molar-refractivity contribution in [3.63, 3.8) is 0 Å². The monoisotopic (exact) mass is 335 g/mol. The van der Waals surface area contributed by atoms with E-state index >= 15 is 0 Å². The maximum absolute atomic E-state index is 12.4. The molecule has 0 atom stereocenters. The standard InChI is InChI=1S/C16H25N5O3/c1-14-2-3-15(22)21(17-14)9-6-18-4-7-19(8-5-18)16(23)20-10-12-24-13-11-20/h2-3H,4-13H2,1H3. The molecule has 0 aliphatic carbocycles. The number of carbonyl (C=O) groups excluding carboxylic acids is 1. The Labute approximate surface area is 141 Å². The minimum atomic E-state index is -0.0678. The average molecular weight is 335 g/mol. The Hall–Kier alpha value is -1.93. The Balaban J connectivity index is 1.46. The number of urea groups is 1. The summed E-state index contributed by atoms with van der Waals surface area (Å²) in [6.45, 7) is 8.97. The van der Waals surface area contributed by atoms with E-state index in [9.17, 15) is 9.59 Å². The summed E-state index contributed by atoms with van der Waals surface area (Å²) in [4.78, 5) is 30.3. The molecule has 24 heavy (non-hydrogen) atoms. The van der Waals surface area contributed by atoms with Gasteiger partial charge in [0.1, 0.15) is 0 Å². The third-order valence-corrected chi connectivity index (χ3v) is 4.55. The number of carbonyl (C=O) groups is 1. The number of aryl methyl sites for hydroxylation is 1. The summed E-state index contributed by atoms with van der Waals surface area (Å²) in [5.41, 5.74) is 0.775. The molecule has 2 fully saturated rings. The molecule has 3 rings (SSSR count). The van der Waals surface area contributed by atoms with E-state index < -0.39 is 0 Å². The molecule has 2 aliphatic rings. The van der Waals surface area contributed by atoms with E-state index in [1.807, 2.05) is 16.7 Å². The molecule has 2 amide bonds. The van der Waals surface area contributed by atoms with Crippen molar-refractivity contribution in [3.05, 3.63) is 28.2 Å². The van der Waals surface area contributed by atoms with Gasteiger partial charge in [0.05, 0.1) is 25.5 Å². The largest absolute Gasteiger partial charge is 0.378 e. The summed E-state index contributed by atoms with van der Waals surface area (Å²) in [5, 5.41) is 4.26. The number of aromatic nitrogens is 2. The van der Waals surface area contributed by atoms with Crippen LogP contribution in [0.3, 0.4) is 0 Å². The van der Waals surface area contributed by atoms with Gasteiger partial charge in [0.15, 0.2) is 0 Å². The van der Waals surface area contributed by atoms with Crippen LogP contribution >= 0.6 is 0 Å². The Bertz CT molecular complexity index is 618. The second kappa shape index (κ2) is 7.76. The lowest BCUT2D eigenvalue weighted by molar-refractivity contribution is 0.0375. The fourth-order valence-corrected chi connectivity index (χ4v) is 3.06. The fourth-order valence-electron chi connectivity index (χ4n) is 3.06. The summed E-state index contributed by atoms with van der Waals surface area (Å²) < 4.78 is 6.81. The Morgan fingerprint density at radius 1 is 1.04 bits per heavy atom. The van der Waals surface area contributed by atoms with Crippen molar-refractivity contribution >= 4 is 6.03 Å². The number of morpholine rings is 1. The van der Waals surface area contributed by atoms with Gasteiger partial charge in [-0.25, -0.2) is 9.48 Å². The van der Waals surface area contributed by atoms with E-state index in [0.717, 1.165) is 38.4 Å². The highest BCUT2D eigenvalue weighted by atomic mass is 16.5. The molecule has 0 bridgehead atoms. The fraction of sp³-hybridized carbons (Fsp3) is 0.688.